The van der Waals surface area contributed by atoms with Crippen LogP contribution in [0.1, 0.15) is 32.7 Å². The van der Waals surface area contributed by atoms with Crippen LogP contribution in [0.2, 0.25) is 0 Å². The van der Waals surface area contributed by atoms with Crippen molar-refractivity contribution in [2.75, 3.05) is 0 Å². The highest BCUT2D eigenvalue weighted by atomic mass is 16.4. The normalized spacial score (nSPS) is 10.9. The molecular formula is C19H20N4O4. The zero-order valence-electron chi connectivity index (χ0n) is 15.3. The zero-order chi connectivity index (χ0) is 19.7. The van der Waals surface area contributed by atoms with Crippen molar-refractivity contribution in [2.45, 2.75) is 26.8 Å². The lowest BCUT2D eigenvalue weighted by Gasteiger charge is -2.11. The van der Waals surface area contributed by atoms with Crippen LogP contribution >= 0.6 is 0 Å². The monoisotopic (exact) mass is 368 g/mol. The van der Waals surface area contributed by atoms with Crippen LogP contribution in [0.4, 0.5) is 0 Å². The molecule has 8 heteroatoms. The maximum Gasteiger partial charge on any atom is 0.335 e. The first-order chi connectivity index (χ1) is 12.8. The van der Waals surface area contributed by atoms with Crippen molar-refractivity contribution in [1.82, 2.24) is 20.1 Å². The molecule has 0 bridgehead atoms. The molecule has 8 nitrogen and oxygen atoms in total. The molecule has 0 aliphatic carbocycles. The Labute approximate surface area is 154 Å². The summed E-state index contributed by atoms with van der Waals surface area (Å²) in [5.74, 6) is -1.19. The largest absolute Gasteiger partial charge is 0.478 e. The molecule has 0 saturated heterocycles. The van der Waals surface area contributed by atoms with Crippen LogP contribution in [0.15, 0.2) is 29.1 Å². The van der Waals surface area contributed by atoms with E-state index < -0.39 is 5.97 Å². The minimum atomic E-state index is -0.990. The van der Waals surface area contributed by atoms with E-state index in [1.807, 2.05) is 13.8 Å². The molecule has 0 radical (unpaired) electrons. The summed E-state index contributed by atoms with van der Waals surface area (Å²) in [5.41, 5.74) is 3.53. The van der Waals surface area contributed by atoms with Gasteiger partial charge in [0.1, 0.15) is 0 Å². The van der Waals surface area contributed by atoms with Crippen LogP contribution in [0.5, 0.6) is 0 Å². The first-order valence-electron chi connectivity index (χ1n) is 8.41. The van der Waals surface area contributed by atoms with Gasteiger partial charge in [-0.05, 0) is 42.7 Å². The highest BCUT2D eigenvalue weighted by Gasteiger charge is 2.17. The summed E-state index contributed by atoms with van der Waals surface area (Å²) in [6, 6.07) is 6.32. The minimum absolute atomic E-state index is 0.113. The van der Waals surface area contributed by atoms with Gasteiger partial charge in [0.25, 0.3) is 5.56 Å². The first-order valence-corrected chi connectivity index (χ1v) is 8.41. The Hall–Kier alpha value is -3.42. The highest BCUT2D eigenvalue weighted by Crippen LogP contribution is 2.20. The number of carbonyl (C=O) groups excluding carboxylic acids is 1. The number of carboxylic acid groups (broad SMARTS) is 1. The summed E-state index contributed by atoms with van der Waals surface area (Å²) < 4.78 is 1.57. The second-order valence-corrected chi connectivity index (χ2v) is 6.45. The molecule has 2 aromatic heterocycles. The number of rotatable bonds is 5. The van der Waals surface area contributed by atoms with Crippen molar-refractivity contribution < 1.29 is 14.7 Å². The van der Waals surface area contributed by atoms with E-state index in [1.165, 1.54) is 12.1 Å². The lowest BCUT2D eigenvalue weighted by Crippen LogP contribution is -2.25. The van der Waals surface area contributed by atoms with Gasteiger partial charge in [-0.25, -0.2) is 9.78 Å². The van der Waals surface area contributed by atoms with E-state index in [-0.39, 0.29) is 23.5 Å². The van der Waals surface area contributed by atoms with Crippen LogP contribution in [0, 0.1) is 13.8 Å². The average molecular weight is 368 g/mol. The van der Waals surface area contributed by atoms with E-state index in [1.54, 1.807) is 23.9 Å². The van der Waals surface area contributed by atoms with Crippen LogP contribution in [0.25, 0.3) is 11.0 Å². The standard InChI is InChI=1S/C19H20N4O4/c1-10-14(11(2)21-17-16(10)18(25)22-23(17)3)8-15(24)20-9-12-4-6-13(7-5-12)19(26)27/h4-7H,8-9H2,1-3H3,(H,20,24)(H,22,25)(H,26,27). The van der Waals surface area contributed by atoms with Crippen LogP contribution in [0.3, 0.4) is 0 Å². The SMILES string of the molecule is Cc1nc2c(c(C)c1CC(=O)NCc1ccc(C(=O)O)cc1)c(=O)[nH]n2C. The quantitative estimate of drug-likeness (QED) is 0.630. The molecule has 0 fully saturated rings. The minimum Gasteiger partial charge on any atom is -0.478 e. The second-order valence-electron chi connectivity index (χ2n) is 6.45. The molecule has 0 atom stereocenters. The van der Waals surface area contributed by atoms with Gasteiger partial charge < -0.3 is 10.4 Å². The summed E-state index contributed by atoms with van der Waals surface area (Å²) in [5, 5.41) is 14.9. The fourth-order valence-corrected chi connectivity index (χ4v) is 3.10. The number of aromatic amines is 1. The van der Waals surface area contributed by atoms with Crippen molar-refractivity contribution in [3.05, 3.63) is 62.6 Å². The number of amides is 1. The van der Waals surface area contributed by atoms with E-state index in [0.717, 1.165) is 16.7 Å². The summed E-state index contributed by atoms with van der Waals surface area (Å²) in [6.07, 6.45) is 0.113. The van der Waals surface area contributed by atoms with Crippen molar-refractivity contribution in [2.24, 2.45) is 7.05 Å². The highest BCUT2D eigenvalue weighted by molar-refractivity contribution is 5.87. The number of nitrogens with one attached hydrogen (secondary N) is 2. The molecule has 1 aromatic carbocycles. The number of carboxylic acids is 1. The number of carbonyl (C=O) groups is 2. The molecule has 140 valence electrons. The number of aromatic carboxylic acids is 1. The number of nitrogens with zero attached hydrogens (tertiary/aromatic N) is 2. The van der Waals surface area contributed by atoms with Crippen molar-refractivity contribution >= 4 is 22.9 Å². The number of hydrogen-bond donors (Lipinski definition) is 3. The number of benzene rings is 1. The topological polar surface area (TPSA) is 117 Å². The number of pyridine rings is 1. The van der Waals surface area contributed by atoms with Crippen LogP contribution in [-0.2, 0) is 24.8 Å². The van der Waals surface area contributed by atoms with Gasteiger partial charge in [-0.2, -0.15) is 0 Å². The summed E-state index contributed by atoms with van der Waals surface area (Å²) in [4.78, 5) is 39.8. The van der Waals surface area contributed by atoms with Crippen LogP contribution in [-0.4, -0.2) is 31.7 Å². The third-order valence-corrected chi connectivity index (χ3v) is 4.60. The van der Waals surface area contributed by atoms with E-state index in [0.29, 0.717) is 23.3 Å². The molecule has 3 rings (SSSR count). The fraction of sp³-hybridized carbons (Fsp3) is 0.263. The van der Waals surface area contributed by atoms with Gasteiger partial charge in [0, 0.05) is 19.3 Å². The molecule has 2 heterocycles. The molecule has 0 saturated carbocycles. The lowest BCUT2D eigenvalue weighted by molar-refractivity contribution is -0.120. The van der Waals surface area contributed by atoms with Gasteiger partial charge in [0.15, 0.2) is 5.65 Å². The molecule has 1 amide bonds. The number of aromatic nitrogens is 3. The van der Waals surface area contributed by atoms with E-state index in [9.17, 15) is 14.4 Å². The Bertz CT molecular complexity index is 1090. The van der Waals surface area contributed by atoms with Gasteiger partial charge in [0.2, 0.25) is 5.91 Å². The maximum absolute atomic E-state index is 12.4. The van der Waals surface area contributed by atoms with Gasteiger partial charge in [-0.15, -0.1) is 0 Å². The predicted octanol–water partition coefficient (Wildman–Crippen LogP) is 1.44. The molecular weight excluding hydrogens is 348 g/mol. The van der Waals surface area contributed by atoms with E-state index >= 15 is 0 Å². The molecule has 0 unspecified atom stereocenters. The van der Waals surface area contributed by atoms with Crippen LogP contribution < -0.4 is 10.9 Å². The number of hydrogen-bond acceptors (Lipinski definition) is 4. The summed E-state index contributed by atoms with van der Waals surface area (Å²) in [6.45, 7) is 3.93. The molecule has 0 aliphatic heterocycles. The number of fused-ring (bicyclic) bond motifs is 1. The van der Waals surface area contributed by atoms with Gasteiger partial charge in [0.05, 0.1) is 17.4 Å². The van der Waals surface area contributed by atoms with Crippen molar-refractivity contribution in [3.63, 3.8) is 0 Å². The van der Waals surface area contributed by atoms with Crippen molar-refractivity contribution in [1.29, 1.82) is 0 Å². The molecule has 3 aromatic rings. The van der Waals surface area contributed by atoms with Gasteiger partial charge in [-0.1, -0.05) is 12.1 Å². The first kappa shape index (κ1) is 18.4. The number of H-pyrrole nitrogens is 1. The predicted molar refractivity (Wildman–Crippen MR) is 99.8 cm³/mol. The average Bonchev–Trinajstić information content (AvgIpc) is 2.90. The maximum atomic E-state index is 12.4. The number of aryl methyl sites for hydroxylation is 3. The summed E-state index contributed by atoms with van der Waals surface area (Å²) in [7, 11) is 1.72. The molecule has 0 spiro atoms. The Morgan fingerprint density at radius 3 is 2.52 bits per heavy atom. The Morgan fingerprint density at radius 2 is 1.89 bits per heavy atom. The van der Waals surface area contributed by atoms with Gasteiger partial charge in [-0.3, -0.25) is 19.4 Å². The molecule has 27 heavy (non-hydrogen) atoms. The van der Waals surface area contributed by atoms with E-state index in [2.05, 4.69) is 15.4 Å². The Kier molecular flexibility index (Phi) is 4.81. The fourth-order valence-electron chi connectivity index (χ4n) is 3.10. The third kappa shape index (κ3) is 3.59. The summed E-state index contributed by atoms with van der Waals surface area (Å²) >= 11 is 0. The third-order valence-electron chi connectivity index (χ3n) is 4.60. The van der Waals surface area contributed by atoms with E-state index in [4.69, 9.17) is 5.11 Å². The second kappa shape index (κ2) is 7.06. The zero-order valence-corrected chi connectivity index (χ0v) is 15.3. The Morgan fingerprint density at radius 1 is 1.22 bits per heavy atom. The van der Waals surface area contributed by atoms with Gasteiger partial charge >= 0.3 is 5.97 Å². The molecule has 0 aliphatic rings. The van der Waals surface area contributed by atoms with Crippen molar-refractivity contribution in [3.8, 4) is 0 Å². The Balaban J connectivity index is 1.75. The molecule has 3 N–H and O–H groups in total. The lowest BCUT2D eigenvalue weighted by atomic mass is 10.0. The smallest absolute Gasteiger partial charge is 0.335 e.